The Morgan fingerprint density at radius 2 is 1.84 bits per heavy atom. The van der Waals surface area contributed by atoms with Crippen molar-refractivity contribution in [3.63, 3.8) is 0 Å². The lowest BCUT2D eigenvalue weighted by Gasteiger charge is -2.15. The third kappa shape index (κ3) is 2.90. The Labute approximate surface area is 110 Å². The van der Waals surface area contributed by atoms with Crippen LogP contribution >= 0.6 is 0 Å². The van der Waals surface area contributed by atoms with Gasteiger partial charge in [0, 0.05) is 17.7 Å². The molecule has 0 saturated carbocycles. The average Bonchev–Trinajstić information content (AvgIpc) is 2.33. The molecule has 0 heterocycles. The molecule has 0 fully saturated rings. The van der Waals surface area contributed by atoms with Crippen LogP contribution in [0.5, 0.6) is 11.5 Å². The van der Waals surface area contributed by atoms with E-state index >= 15 is 0 Å². The van der Waals surface area contributed by atoms with Crippen LogP contribution in [0.15, 0.2) is 36.4 Å². The molecule has 2 aromatic carbocycles. The van der Waals surface area contributed by atoms with Crippen LogP contribution in [0.25, 0.3) is 0 Å². The summed E-state index contributed by atoms with van der Waals surface area (Å²) < 4.78 is 32.6. The molecule has 0 saturated heterocycles. The largest absolute Gasteiger partial charge is 0.457 e. The molecule has 0 spiro atoms. The predicted molar refractivity (Wildman–Crippen MR) is 70.2 cm³/mol. The smallest absolute Gasteiger partial charge is 0.135 e. The van der Waals surface area contributed by atoms with Crippen LogP contribution in [-0.2, 0) is 0 Å². The van der Waals surface area contributed by atoms with E-state index in [-0.39, 0.29) is 5.56 Å². The van der Waals surface area contributed by atoms with Gasteiger partial charge in [-0.05, 0) is 37.6 Å². The molecule has 0 unspecified atom stereocenters. The number of nitrogens with two attached hydrogens (primary N) is 1. The minimum atomic E-state index is -0.509. The number of ether oxygens (including phenoxy) is 1. The quantitative estimate of drug-likeness (QED) is 0.905. The minimum absolute atomic E-state index is 0.283. The number of halogens is 2. The highest BCUT2D eigenvalue weighted by molar-refractivity contribution is 5.42. The van der Waals surface area contributed by atoms with Gasteiger partial charge in [0.1, 0.15) is 23.1 Å². The Hall–Kier alpha value is -1.94. The van der Waals surface area contributed by atoms with Gasteiger partial charge in [-0.25, -0.2) is 8.78 Å². The van der Waals surface area contributed by atoms with Gasteiger partial charge in [-0.2, -0.15) is 0 Å². The zero-order valence-corrected chi connectivity index (χ0v) is 10.8. The topological polar surface area (TPSA) is 35.2 Å². The number of benzene rings is 2. The van der Waals surface area contributed by atoms with Crippen molar-refractivity contribution in [2.75, 3.05) is 0 Å². The molecule has 2 aromatic rings. The molecule has 0 aromatic heterocycles. The van der Waals surface area contributed by atoms with E-state index in [9.17, 15) is 8.78 Å². The van der Waals surface area contributed by atoms with Crippen LogP contribution in [0, 0.1) is 18.6 Å². The van der Waals surface area contributed by atoms with Gasteiger partial charge in [0.25, 0.3) is 0 Å². The number of hydrogen-bond donors (Lipinski definition) is 1. The first-order valence-corrected chi connectivity index (χ1v) is 5.97. The maximum Gasteiger partial charge on any atom is 0.135 e. The van der Waals surface area contributed by atoms with Crippen molar-refractivity contribution in [2.24, 2.45) is 5.73 Å². The first-order valence-electron chi connectivity index (χ1n) is 5.97. The fourth-order valence-corrected chi connectivity index (χ4v) is 1.85. The first-order chi connectivity index (χ1) is 8.99. The van der Waals surface area contributed by atoms with Crippen molar-refractivity contribution in [3.8, 4) is 11.5 Å². The molecule has 4 heteroatoms. The Morgan fingerprint density at radius 3 is 2.53 bits per heavy atom. The second-order valence-corrected chi connectivity index (χ2v) is 4.45. The van der Waals surface area contributed by atoms with Gasteiger partial charge in [-0.1, -0.05) is 12.1 Å². The molecule has 0 radical (unpaired) electrons. The lowest BCUT2D eigenvalue weighted by molar-refractivity contribution is 0.453. The maximum absolute atomic E-state index is 13.7. The maximum atomic E-state index is 13.7. The normalized spacial score (nSPS) is 12.3. The van der Waals surface area contributed by atoms with Crippen molar-refractivity contribution in [1.82, 2.24) is 0 Å². The van der Waals surface area contributed by atoms with Gasteiger partial charge in [0.2, 0.25) is 0 Å². The van der Waals surface area contributed by atoms with Crippen LogP contribution in [0.2, 0.25) is 0 Å². The zero-order chi connectivity index (χ0) is 14.0. The Morgan fingerprint density at radius 1 is 1.11 bits per heavy atom. The molecule has 100 valence electrons. The van der Waals surface area contributed by atoms with E-state index in [0.29, 0.717) is 11.5 Å². The third-order valence-corrected chi connectivity index (χ3v) is 2.84. The van der Waals surface area contributed by atoms with E-state index in [1.54, 1.807) is 26.0 Å². The SMILES string of the molecule is Cc1ccc(F)cc1Oc1cccc(F)c1[C@@H](C)N. The fraction of sp³-hybridized carbons (Fsp3) is 0.200. The van der Waals surface area contributed by atoms with Crippen LogP contribution in [0.4, 0.5) is 8.78 Å². The monoisotopic (exact) mass is 263 g/mol. The molecule has 0 aliphatic rings. The highest BCUT2D eigenvalue weighted by atomic mass is 19.1. The van der Waals surface area contributed by atoms with E-state index in [1.165, 1.54) is 24.3 Å². The van der Waals surface area contributed by atoms with Gasteiger partial charge in [0.05, 0.1) is 0 Å². The highest BCUT2D eigenvalue weighted by Gasteiger charge is 2.15. The Balaban J connectivity index is 2.44. The van der Waals surface area contributed by atoms with Crippen LogP contribution < -0.4 is 10.5 Å². The summed E-state index contributed by atoms with van der Waals surface area (Å²) in [7, 11) is 0. The number of aryl methyl sites for hydroxylation is 1. The van der Waals surface area contributed by atoms with E-state index < -0.39 is 17.7 Å². The summed E-state index contributed by atoms with van der Waals surface area (Å²) in [4.78, 5) is 0. The molecule has 0 aliphatic carbocycles. The summed E-state index contributed by atoms with van der Waals surface area (Å²) in [6.07, 6.45) is 0. The zero-order valence-electron chi connectivity index (χ0n) is 10.8. The lowest BCUT2D eigenvalue weighted by atomic mass is 10.1. The molecule has 2 nitrogen and oxygen atoms in total. The number of hydrogen-bond acceptors (Lipinski definition) is 2. The minimum Gasteiger partial charge on any atom is -0.457 e. The van der Waals surface area contributed by atoms with E-state index in [2.05, 4.69) is 0 Å². The highest BCUT2D eigenvalue weighted by Crippen LogP contribution is 2.32. The first kappa shape index (κ1) is 13.5. The van der Waals surface area contributed by atoms with Crippen molar-refractivity contribution in [2.45, 2.75) is 19.9 Å². The summed E-state index contributed by atoms with van der Waals surface area (Å²) in [5.41, 5.74) is 6.79. The second kappa shape index (κ2) is 5.36. The van der Waals surface area contributed by atoms with E-state index in [0.717, 1.165) is 5.56 Å². The van der Waals surface area contributed by atoms with E-state index in [1.807, 2.05) is 0 Å². The summed E-state index contributed by atoms with van der Waals surface area (Å²) in [5.74, 6) is -0.169. The van der Waals surface area contributed by atoms with Gasteiger partial charge in [0.15, 0.2) is 0 Å². The molecular formula is C15H15F2NO. The second-order valence-electron chi connectivity index (χ2n) is 4.45. The van der Waals surface area contributed by atoms with Crippen molar-refractivity contribution in [1.29, 1.82) is 0 Å². The summed E-state index contributed by atoms with van der Waals surface area (Å²) in [5, 5.41) is 0. The predicted octanol–water partition coefficient (Wildman–Crippen LogP) is 4.09. The van der Waals surface area contributed by atoms with Crippen LogP contribution in [-0.4, -0.2) is 0 Å². The molecule has 19 heavy (non-hydrogen) atoms. The van der Waals surface area contributed by atoms with Crippen molar-refractivity contribution < 1.29 is 13.5 Å². The molecule has 0 bridgehead atoms. The van der Waals surface area contributed by atoms with Gasteiger partial charge in [-0.3, -0.25) is 0 Å². The average molecular weight is 263 g/mol. The fourth-order valence-electron chi connectivity index (χ4n) is 1.85. The van der Waals surface area contributed by atoms with Gasteiger partial charge in [-0.15, -0.1) is 0 Å². The van der Waals surface area contributed by atoms with E-state index in [4.69, 9.17) is 10.5 Å². The lowest BCUT2D eigenvalue weighted by Crippen LogP contribution is -2.09. The summed E-state index contributed by atoms with van der Waals surface area (Å²) >= 11 is 0. The molecule has 0 amide bonds. The third-order valence-electron chi connectivity index (χ3n) is 2.84. The van der Waals surface area contributed by atoms with Crippen LogP contribution in [0.1, 0.15) is 24.1 Å². The standard InChI is InChI=1S/C15H15F2NO/c1-9-6-7-11(16)8-14(9)19-13-5-3-4-12(17)15(13)10(2)18/h3-8,10H,18H2,1-2H3/t10-/m1/s1. The van der Waals surface area contributed by atoms with Gasteiger partial charge >= 0.3 is 0 Å². The van der Waals surface area contributed by atoms with Crippen molar-refractivity contribution >= 4 is 0 Å². The molecule has 1 atom stereocenters. The van der Waals surface area contributed by atoms with Crippen molar-refractivity contribution in [3.05, 3.63) is 59.2 Å². The van der Waals surface area contributed by atoms with Gasteiger partial charge < -0.3 is 10.5 Å². The molecular weight excluding hydrogens is 248 g/mol. The summed E-state index contributed by atoms with van der Waals surface area (Å²) in [6, 6.07) is 8.19. The molecule has 2 N–H and O–H groups in total. The summed E-state index contributed by atoms with van der Waals surface area (Å²) in [6.45, 7) is 3.46. The van der Waals surface area contributed by atoms with Crippen LogP contribution in [0.3, 0.4) is 0 Å². The molecule has 2 rings (SSSR count). The molecule has 0 aliphatic heterocycles. The Bertz CT molecular complexity index is 597. The Kier molecular flexibility index (Phi) is 3.81. The number of rotatable bonds is 3.